The number of para-hydroxylation sites is 1. The standard InChI is InChI=1S/C30H32FN5O2/c1-38-29-12-6-22(19-33-34-30(37)13-7-23-20-32-28-5-3-2-4-27(23)28)18-24(29)21-35-14-16-36(17-15-35)26-10-8-25(31)9-11-26/h2-6,8-12,18-20,32H,7,13-17,21H2,1H3,(H,34,37)/b33-19-. The Labute approximate surface area is 221 Å². The molecule has 38 heavy (non-hydrogen) atoms. The first-order valence-corrected chi connectivity index (χ1v) is 12.9. The molecule has 1 saturated heterocycles. The van der Waals surface area contributed by atoms with E-state index in [1.807, 2.05) is 54.7 Å². The minimum absolute atomic E-state index is 0.126. The third kappa shape index (κ3) is 6.20. The van der Waals surface area contributed by atoms with Crippen molar-refractivity contribution < 1.29 is 13.9 Å². The van der Waals surface area contributed by atoms with Gasteiger partial charge < -0.3 is 14.6 Å². The van der Waals surface area contributed by atoms with Crippen molar-refractivity contribution in [2.24, 2.45) is 5.10 Å². The zero-order valence-electron chi connectivity index (χ0n) is 21.5. The molecule has 0 aliphatic carbocycles. The van der Waals surface area contributed by atoms with Gasteiger partial charge in [0, 0.05) is 67.5 Å². The molecule has 1 amide bonds. The summed E-state index contributed by atoms with van der Waals surface area (Å²) in [5.74, 6) is 0.484. The number of ether oxygens (including phenoxy) is 1. The van der Waals surface area contributed by atoms with Gasteiger partial charge in [-0.15, -0.1) is 0 Å². The van der Waals surface area contributed by atoms with Crippen molar-refractivity contribution in [3.05, 3.63) is 95.4 Å². The van der Waals surface area contributed by atoms with Gasteiger partial charge in [-0.2, -0.15) is 5.10 Å². The summed E-state index contributed by atoms with van der Waals surface area (Å²) >= 11 is 0. The third-order valence-corrected chi connectivity index (χ3v) is 6.96. The fourth-order valence-corrected chi connectivity index (χ4v) is 4.88. The predicted octanol–water partition coefficient (Wildman–Crippen LogP) is 4.72. The number of rotatable bonds is 9. The van der Waals surface area contributed by atoms with Crippen LogP contribution in [0.1, 0.15) is 23.1 Å². The summed E-state index contributed by atoms with van der Waals surface area (Å²) in [6.45, 7) is 4.29. The SMILES string of the molecule is COc1ccc(/C=N\NC(=O)CCc2c[nH]c3ccccc23)cc1CN1CCN(c2ccc(F)cc2)CC1. The second kappa shape index (κ2) is 11.9. The summed E-state index contributed by atoms with van der Waals surface area (Å²) in [4.78, 5) is 20.3. The molecular weight excluding hydrogens is 481 g/mol. The van der Waals surface area contributed by atoms with Crippen LogP contribution in [0.3, 0.4) is 0 Å². The van der Waals surface area contributed by atoms with E-state index in [0.29, 0.717) is 12.8 Å². The number of nitrogens with one attached hydrogen (secondary N) is 2. The van der Waals surface area contributed by atoms with Crippen LogP contribution in [0.25, 0.3) is 10.9 Å². The van der Waals surface area contributed by atoms with Crippen molar-refractivity contribution in [3.63, 3.8) is 0 Å². The molecule has 8 heteroatoms. The van der Waals surface area contributed by atoms with Gasteiger partial charge in [0.1, 0.15) is 11.6 Å². The van der Waals surface area contributed by atoms with Crippen LogP contribution in [-0.4, -0.2) is 55.3 Å². The lowest BCUT2D eigenvalue weighted by Crippen LogP contribution is -2.46. The number of hydrogen-bond acceptors (Lipinski definition) is 5. The molecule has 2 N–H and O–H groups in total. The molecule has 2 heterocycles. The van der Waals surface area contributed by atoms with Crippen LogP contribution in [0.4, 0.5) is 10.1 Å². The molecule has 3 aromatic carbocycles. The van der Waals surface area contributed by atoms with Gasteiger partial charge in [0.15, 0.2) is 0 Å². The van der Waals surface area contributed by atoms with Crippen LogP contribution in [-0.2, 0) is 17.8 Å². The van der Waals surface area contributed by atoms with Gasteiger partial charge in [-0.3, -0.25) is 9.69 Å². The molecule has 0 atom stereocenters. The number of H-pyrrole nitrogens is 1. The van der Waals surface area contributed by atoms with Crippen LogP contribution in [0, 0.1) is 5.82 Å². The highest BCUT2D eigenvalue weighted by atomic mass is 19.1. The van der Waals surface area contributed by atoms with Gasteiger partial charge in [0.05, 0.1) is 13.3 Å². The lowest BCUT2D eigenvalue weighted by Gasteiger charge is -2.36. The largest absolute Gasteiger partial charge is 0.496 e. The highest BCUT2D eigenvalue weighted by Gasteiger charge is 2.19. The molecular formula is C30H32FN5O2. The maximum Gasteiger partial charge on any atom is 0.240 e. The number of aromatic nitrogens is 1. The number of fused-ring (bicyclic) bond motifs is 1. The monoisotopic (exact) mass is 513 g/mol. The fourth-order valence-electron chi connectivity index (χ4n) is 4.88. The Balaban J connectivity index is 1.13. The molecule has 1 aliphatic heterocycles. The molecule has 0 spiro atoms. The van der Waals surface area contributed by atoms with Crippen LogP contribution in [0.15, 0.2) is 78.0 Å². The van der Waals surface area contributed by atoms with E-state index in [9.17, 15) is 9.18 Å². The smallest absolute Gasteiger partial charge is 0.240 e. The van der Waals surface area contributed by atoms with Crippen molar-refractivity contribution in [1.29, 1.82) is 0 Å². The zero-order valence-corrected chi connectivity index (χ0v) is 21.5. The van der Waals surface area contributed by atoms with Crippen LogP contribution >= 0.6 is 0 Å². The van der Waals surface area contributed by atoms with Crippen molar-refractivity contribution in [3.8, 4) is 5.75 Å². The second-order valence-electron chi connectivity index (χ2n) is 9.46. The minimum Gasteiger partial charge on any atom is -0.496 e. The Morgan fingerprint density at radius 3 is 2.63 bits per heavy atom. The van der Waals surface area contributed by atoms with Crippen LogP contribution in [0.5, 0.6) is 5.75 Å². The number of benzene rings is 3. The molecule has 5 rings (SSSR count). The first-order chi connectivity index (χ1) is 18.6. The number of methoxy groups -OCH3 is 1. The molecule has 196 valence electrons. The summed E-state index contributed by atoms with van der Waals surface area (Å²) < 4.78 is 18.8. The number of hydrogen-bond donors (Lipinski definition) is 2. The molecule has 1 aromatic heterocycles. The average Bonchev–Trinajstić information content (AvgIpc) is 3.36. The van der Waals surface area contributed by atoms with E-state index in [2.05, 4.69) is 31.4 Å². The first kappa shape index (κ1) is 25.5. The normalized spacial score (nSPS) is 14.3. The molecule has 4 aromatic rings. The molecule has 0 bridgehead atoms. The van der Waals surface area contributed by atoms with Crippen LogP contribution in [0.2, 0.25) is 0 Å². The van der Waals surface area contributed by atoms with E-state index in [1.165, 1.54) is 12.1 Å². The number of halogens is 1. The van der Waals surface area contributed by atoms with Gasteiger partial charge in [-0.25, -0.2) is 9.82 Å². The van der Waals surface area contributed by atoms with Gasteiger partial charge in [-0.05, 0) is 66.1 Å². The Bertz CT molecular complexity index is 1410. The number of nitrogens with zero attached hydrogens (tertiary/aromatic N) is 3. The number of carbonyl (C=O) groups is 1. The highest BCUT2D eigenvalue weighted by Crippen LogP contribution is 2.23. The average molecular weight is 514 g/mol. The molecule has 1 aliphatic rings. The number of aromatic amines is 1. The Morgan fingerprint density at radius 2 is 1.84 bits per heavy atom. The zero-order chi connectivity index (χ0) is 26.3. The quantitative estimate of drug-likeness (QED) is 0.251. The maximum absolute atomic E-state index is 13.2. The van der Waals surface area contributed by atoms with Gasteiger partial charge in [0.2, 0.25) is 5.91 Å². The number of anilines is 1. The van der Waals surface area contributed by atoms with E-state index >= 15 is 0 Å². The van der Waals surface area contributed by atoms with E-state index in [1.54, 1.807) is 13.3 Å². The Kier molecular flexibility index (Phi) is 7.99. The highest BCUT2D eigenvalue weighted by molar-refractivity contribution is 5.85. The summed E-state index contributed by atoms with van der Waals surface area (Å²) in [6, 6.07) is 20.7. The fraction of sp³-hybridized carbons (Fsp3) is 0.267. The summed E-state index contributed by atoms with van der Waals surface area (Å²) in [5.41, 5.74) is 7.85. The third-order valence-electron chi connectivity index (χ3n) is 6.96. The van der Waals surface area contributed by atoms with E-state index in [-0.39, 0.29) is 11.7 Å². The summed E-state index contributed by atoms with van der Waals surface area (Å²) in [7, 11) is 1.67. The van der Waals surface area contributed by atoms with E-state index in [4.69, 9.17) is 4.74 Å². The van der Waals surface area contributed by atoms with Gasteiger partial charge in [-0.1, -0.05) is 18.2 Å². The van der Waals surface area contributed by atoms with Crippen molar-refractivity contribution in [2.45, 2.75) is 19.4 Å². The number of carbonyl (C=O) groups excluding carboxylic acids is 1. The lowest BCUT2D eigenvalue weighted by atomic mass is 10.1. The topological polar surface area (TPSA) is 73.0 Å². The first-order valence-electron chi connectivity index (χ1n) is 12.9. The summed E-state index contributed by atoms with van der Waals surface area (Å²) in [6.07, 6.45) is 4.63. The lowest BCUT2D eigenvalue weighted by molar-refractivity contribution is -0.121. The molecule has 0 saturated carbocycles. The molecule has 0 unspecified atom stereocenters. The second-order valence-corrected chi connectivity index (χ2v) is 9.46. The summed E-state index contributed by atoms with van der Waals surface area (Å²) in [5, 5.41) is 5.32. The number of amides is 1. The van der Waals surface area contributed by atoms with Crippen molar-refractivity contribution >= 4 is 28.7 Å². The van der Waals surface area contributed by atoms with Gasteiger partial charge in [0.25, 0.3) is 0 Å². The molecule has 0 radical (unpaired) electrons. The van der Waals surface area contributed by atoms with Crippen molar-refractivity contribution in [1.82, 2.24) is 15.3 Å². The van der Waals surface area contributed by atoms with E-state index < -0.39 is 0 Å². The number of piperazine rings is 1. The molecule has 7 nitrogen and oxygen atoms in total. The van der Waals surface area contributed by atoms with Crippen molar-refractivity contribution in [2.75, 3.05) is 38.2 Å². The van der Waals surface area contributed by atoms with Gasteiger partial charge >= 0.3 is 0 Å². The maximum atomic E-state index is 13.2. The number of aryl methyl sites for hydroxylation is 1. The Morgan fingerprint density at radius 1 is 1.05 bits per heavy atom. The Hall–Kier alpha value is -4.17. The number of hydrazone groups is 1. The molecule has 1 fully saturated rings. The van der Waals surface area contributed by atoms with Crippen LogP contribution < -0.4 is 15.1 Å². The minimum atomic E-state index is -0.215. The predicted molar refractivity (Wildman–Crippen MR) is 149 cm³/mol. The van der Waals surface area contributed by atoms with E-state index in [0.717, 1.165) is 71.8 Å².